The number of ether oxygens (including phenoxy) is 2. The quantitative estimate of drug-likeness (QED) is 0.868. The highest BCUT2D eigenvalue weighted by Crippen LogP contribution is 2.33. The molecular weight excluding hydrogens is 280 g/mol. The first kappa shape index (κ1) is 13.8. The lowest BCUT2D eigenvalue weighted by Gasteiger charge is -2.38. The summed E-state index contributed by atoms with van der Waals surface area (Å²) in [5, 5.41) is 0. The predicted molar refractivity (Wildman–Crippen MR) is 80.5 cm³/mol. The zero-order valence-corrected chi connectivity index (χ0v) is 12.4. The van der Waals surface area contributed by atoms with Crippen LogP contribution in [-0.4, -0.2) is 41.3 Å². The topological polar surface area (TPSA) is 47.7 Å². The van der Waals surface area contributed by atoms with Crippen LogP contribution in [-0.2, 0) is 11.3 Å². The molecule has 0 radical (unpaired) electrons. The van der Waals surface area contributed by atoms with E-state index in [1.54, 1.807) is 12.5 Å². The maximum absolute atomic E-state index is 6.05. The van der Waals surface area contributed by atoms with Gasteiger partial charge >= 0.3 is 0 Å². The van der Waals surface area contributed by atoms with Crippen LogP contribution in [0.3, 0.4) is 0 Å². The van der Waals surface area contributed by atoms with Gasteiger partial charge in [-0.3, -0.25) is 4.90 Å². The smallest absolute Gasteiger partial charge is 0.213 e. The van der Waals surface area contributed by atoms with E-state index in [0.29, 0.717) is 11.9 Å². The van der Waals surface area contributed by atoms with Crippen LogP contribution < -0.4 is 4.74 Å². The largest absolute Gasteiger partial charge is 0.472 e. The third-order valence-electron chi connectivity index (χ3n) is 4.53. The molecule has 5 heteroatoms. The summed E-state index contributed by atoms with van der Waals surface area (Å²) in [4.78, 5) is 6.74. The predicted octanol–water partition coefficient (Wildman–Crippen LogP) is 2.49. The Labute approximate surface area is 129 Å². The number of fused-ring (bicyclic) bond motifs is 1. The molecule has 3 heterocycles. The van der Waals surface area contributed by atoms with Gasteiger partial charge in [-0.25, -0.2) is 4.98 Å². The Morgan fingerprint density at radius 3 is 3.09 bits per heavy atom. The molecule has 2 aromatic rings. The molecule has 22 heavy (non-hydrogen) atoms. The van der Waals surface area contributed by atoms with Gasteiger partial charge in [-0.2, -0.15) is 0 Å². The van der Waals surface area contributed by atoms with Gasteiger partial charge in [0.05, 0.1) is 19.1 Å². The van der Waals surface area contributed by atoms with E-state index in [0.717, 1.165) is 32.5 Å². The van der Waals surface area contributed by atoms with Gasteiger partial charge in [0.15, 0.2) is 0 Å². The van der Waals surface area contributed by atoms with E-state index in [-0.39, 0.29) is 12.2 Å². The van der Waals surface area contributed by atoms with Crippen molar-refractivity contribution in [1.29, 1.82) is 0 Å². The first-order valence-electron chi connectivity index (χ1n) is 7.84. The summed E-state index contributed by atoms with van der Waals surface area (Å²) < 4.78 is 17.2. The Morgan fingerprint density at radius 1 is 1.27 bits per heavy atom. The Balaban J connectivity index is 1.44. The third-order valence-corrected chi connectivity index (χ3v) is 4.53. The van der Waals surface area contributed by atoms with E-state index in [1.807, 2.05) is 30.5 Å². The van der Waals surface area contributed by atoms with E-state index in [1.165, 1.54) is 5.56 Å². The molecule has 116 valence electrons. The van der Waals surface area contributed by atoms with Crippen molar-refractivity contribution in [2.45, 2.75) is 37.6 Å². The van der Waals surface area contributed by atoms with Gasteiger partial charge < -0.3 is 13.9 Å². The minimum atomic E-state index is 0.0899. The summed E-state index contributed by atoms with van der Waals surface area (Å²) in [6.45, 7) is 2.63. The van der Waals surface area contributed by atoms with Crippen molar-refractivity contribution >= 4 is 0 Å². The van der Waals surface area contributed by atoms with Gasteiger partial charge in [0.2, 0.25) is 5.88 Å². The fraction of sp³-hybridized carbons (Fsp3) is 0.471. The number of rotatable bonds is 4. The van der Waals surface area contributed by atoms with E-state index in [2.05, 4.69) is 9.88 Å². The number of aromatic nitrogens is 1. The van der Waals surface area contributed by atoms with E-state index >= 15 is 0 Å². The molecule has 0 unspecified atom stereocenters. The number of morpholine rings is 1. The standard InChI is InChI=1S/C17H20N2O3/c1-2-7-18-16(3-1)22-15-5-4-14-17(15)21-10-8-19(14)11-13-6-9-20-12-13/h1-3,6-7,9,12,14-15,17H,4-5,8,10-11H2/t14-,15+,17+/m0/s1. The highest BCUT2D eigenvalue weighted by Gasteiger charge is 2.44. The average Bonchev–Trinajstić information content (AvgIpc) is 3.19. The summed E-state index contributed by atoms with van der Waals surface area (Å²) in [6.07, 6.45) is 7.63. The molecule has 3 atom stereocenters. The molecule has 2 aliphatic rings. The van der Waals surface area contributed by atoms with Crippen molar-refractivity contribution in [3.8, 4) is 5.88 Å². The fourth-order valence-electron chi connectivity index (χ4n) is 3.50. The maximum atomic E-state index is 6.05. The van der Waals surface area contributed by atoms with Gasteiger partial charge in [0, 0.05) is 37.0 Å². The van der Waals surface area contributed by atoms with Crippen LogP contribution in [0.4, 0.5) is 0 Å². The molecular formula is C17H20N2O3. The van der Waals surface area contributed by atoms with Gasteiger partial charge in [0.1, 0.15) is 12.2 Å². The van der Waals surface area contributed by atoms with Crippen LogP contribution in [0, 0.1) is 0 Å². The summed E-state index contributed by atoms with van der Waals surface area (Å²) >= 11 is 0. The van der Waals surface area contributed by atoms with Gasteiger partial charge in [-0.05, 0) is 25.0 Å². The molecule has 4 rings (SSSR count). The molecule has 0 bridgehead atoms. The number of nitrogens with zero attached hydrogens (tertiary/aromatic N) is 2. The molecule has 1 saturated heterocycles. The normalized spacial score (nSPS) is 28.5. The van der Waals surface area contributed by atoms with Crippen LogP contribution in [0.5, 0.6) is 5.88 Å². The van der Waals surface area contributed by atoms with Crippen molar-refractivity contribution in [3.63, 3.8) is 0 Å². The molecule has 0 spiro atoms. The van der Waals surface area contributed by atoms with Gasteiger partial charge in [-0.15, -0.1) is 0 Å². The van der Waals surface area contributed by atoms with Crippen LogP contribution in [0.25, 0.3) is 0 Å². The maximum Gasteiger partial charge on any atom is 0.213 e. The molecule has 0 amide bonds. The number of furan rings is 1. The molecule has 2 fully saturated rings. The first-order valence-corrected chi connectivity index (χ1v) is 7.84. The van der Waals surface area contributed by atoms with Crippen LogP contribution >= 0.6 is 0 Å². The summed E-state index contributed by atoms with van der Waals surface area (Å²) in [7, 11) is 0. The van der Waals surface area contributed by atoms with E-state index < -0.39 is 0 Å². The molecule has 5 nitrogen and oxygen atoms in total. The highest BCUT2D eigenvalue weighted by atomic mass is 16.5. The second kappa shape index (κ2) is 6.10. The van der Waals surface area contributed by atoms with Crippen LogP contribution in [0.15, 0.2) is 47.4 Å². The second-order valence-corrected chi connectivity index (χ2v) is 5.91. The SMILES string of the molecule is c1ccc(O[C@@H]2CC[C@H]3[C@H]2OCCN3Cc2ccoc2)nc1. The van der Waals surface area contributed by atoms with Crippen LogP contribution in [0.1, 0.15) is 18.4 Å². The minimum Gasteiger partial charge on any atom is -0.472 e. The molecule has 1 aliphatic heterocycles. The Kier molecular flexibility index (Phi) is 3.83. The molecule has 0 aromatic carbocycles. The lowest BCUT2D eigenvalue weighted by Crippen LogP contribution is -2.51. The zero-order chi connectivity index (χ0) is 14.8. The summed E-state index contributed by atoms with van der Waals surface area (Å²) in [6, 6.07) is 8.19. The lowest BCUT2D eigenvalue weighted by molar-refractivity contribution is -0.0922. The molecule has 0 N–H and O–H groups in total. The number of hydrogen-bond donors (Lipinski definition) is 0. The van der Waals surface area contributed by atoms with Gasteiger partial charge in [-0.1, -0.05) is 6.07 Å². The van der Waals surface area contributed by atoms with Crippen molar-refractivity contribution in [2.75, 3.05) is 13.2 Å². The molecule has 1 saturated carbocycles. The second-order valence-electron chi connectivity index (χ2n) is 5.91. The molecule has 1 aliphatic carbocycles. The molecule has 2 aromatic heterocycles. The van der Waals surface area contributed by atoms with Crippen molar-refractivity contribution in [1.82, 2.24) is 9.88 Å². The Morgan fingerprint density at radius 2 is 2.27 bits per heavy atom. The lowest BCUT2D eigenvalue weighted by atomic mass is 10.1. The summed E-state index contributed by atoms with van der Waals surface area (Å²) in [5.74, 6) is 0.684. The van der Waals surface area contributed by atoms with Crippen molar-refractivity contribution in [3.05, 3.63) is 48.6 Å². The monoisotopic (exact) mass is 300 g/mol. The van der Waals surface area contributed by atoms with Crippen LogP contribution in [0.2, 0.25) is 0 Å². The van der Waals surface area contributed by atoms with E-state index in [9.17, 15) is 0 Å². The summed E-state index contributed by atoms with van der Waals surface area (Å²) in [5.41, 5.74) is 1.22. The Hall–Kier alpha value is -1.85. The van der Waals surface area contributed by atoms with E-state index in [4.69, 9.17) is 13.9 Å². The average molecular weight is 300 g/mol. The third kappa shape index (κ3) is 2.74. The highest BCUT2D eigenvalue weighted by molar-refractivity contribution is 5.12. The van der Waals surface area contributed by atoms with Crippen molar-refractivity contribution < 1.29 is 13.9 Å². The number of pyridine rings is 1. The minimum absolute atomic E-state index is 0.0899. The first-order chi connectivity index (χ1) is 10.9. The zero-order valence-electron chi connectivity index (χ0n) is 12.4. The number of hydrogen-bond acceptors (Lipinski definition) is 5. The van der Waals surface area contributed by atoms with Crippen molar-refractivity contribution in [2.24, 2.45) is 0 Å². The Bertz CT molecular complexity index is 587. The fourth-order valence-corrected chi connectivity index (χ4v) is 3.50. The van der Waals surface area contributed by atoms with Gasteiger partial charge in [0.25, 0.3) is 0 Å².